The van der Waals surface area contributed by atoms with Crippen LogP contribution in [0.15, 0.2) is 36.4 Å². The van der Waals surface area contributed by atoms with Gasteiger partial charge in [-0.2, -0.15) is 0 Å². The van der Waals surface area contributed by atoms with Gasteiger partial charge in [-0.15, -0.1) is 0 Å². The number of fused-ring (bicyclic) bond motifs is 2. The predicted octanol–water partition coefficient (Wildman–Crippen LogP) is 2.77. The van der Waals surface area contributed by atoms with E-state index in [1.165, 1.54) is 10.8 Å². The van der Waals surface area contributed by atoms with Gasteiger partial charge in [-0.3, -0.25) is 0 Å². The van der Waals surface area contributed by atoms with E-state index in [-0.39, 0.29) is 0 Å². The Morgan fingerprint density at radius 2 is 1.88 bits per heavy atom. The summed E-state index contributed by atoms with van der Waals surface area (Å²) in [5.74, 6) is 0.616. The van der Waals surface area contributed by atoms with E-state index in [0.29, 0.717) is 5.82 Å². The Bertz CT molecular complexity index is 603. The van der Waals surface area contributed by atoms with E-state index in [1.54, 1.807) is 6.92 Å². The second-order valence-corrected chi connectivity index (χ2v) is 4.01. The number of nitrogens with one attached hydrogen (secondary N) is 1. The summed E-state index contributed by atoms with van der Waals surface area (Å²) in [6.07, 6.45) is -0.560. The van der Waals surface area contributed by atoms with Crippen LogP contribution >= 0.6 is 0 Å². The highest BCUT2D eigenvalue weighted by Gasteiger charge is 2.07. The van der Waals surface area contributed by atoms with Gasteiger partial charge in [0.25, 0.3) is 0 Å². The highest BCUT2D eigenvalue weighted by molar-refractivity contribution is 5.95. The summed E-state index contributed by atoms with van der Waals surface area (Å²) in [6, 6.07) is 12.2. The summed E-state index contributed by atoms with van der Waals surface area (Å²) in [6.45, 7) is 1.71. The van der Waals surface area contributed by atoms with E-state index in [1.807, 2.05) is 18.2 Å². The van der Waals surface area contributed by atoms with Crippen LogP contribution < -0.4 is 0 Å². The van der Waals surface area contributed by atoms with Crippen molar-refractivity contribution in [2.24, 2.45) is 0 Å². The quantitative estimate of drug-likeness (QED) is 0.651. The molecule has 3 nitrogen and oxygen atoms in total. The highest BCUT2D eigenvalue weighted by atomic mass is 16.3. The number of H-pyrrole nitrogens is 1. The van der Waals surface area contributed by atoms with Gasteiger partial charge in [-0.05, 0) is 29.8 Å². The van der Waals surface area contributed by atoms with E-state index >= 15 is 0 Å². The lowest BCUT2D eigenvalue weighted by molar-refractivity contribution is 0.190. The molecule has 0 amide bonds. The average molecular weight is 212 g/mol. The predicted molar refractivity (Wildman–Crippen MR) is 64.2 cm³/mol. The fourth-order valence-electron chi connectivity index (χ4n) is 1.91. The zero-order chi connectivity index (χ0) is 11.1. The van der Waals surface area contributed by atoms with Crippen LogP contribution in [0.25, 0.3) is 21.8 Å². The highest BCUT2D eigenvalue weighted by Crippen LogP contribution is 2.22. The molecule has 0 spiro atoms. The van der Waals surface area contributed by atoms with E-state index in [4.69, 9.17) is 0 Å². The van der Waals surface area contributed by atoms with E-state index in [0.717, 1.165) is 11.0 Å². The maximum atomic E-state index is 9.47. The number of hydrogen-bond acceptors (Lipinski definition) is 2. The number of benzene rings is 2. The Balaban J connectivity index is 2.34. The van der Waals surface area contributed by atoms with Crippen molar-refractivity contribution in [3.8, 4) is 0 Å². The molecule has 0 aliphatic rings. The molecule has 0 fully saturated rings. The van der Waals surface area contributed by atoms with Gasteiger partial charge >= 0.3 is 0 Å². The molecule has 80 valence electrons. The third kappa shape index (κ3) is 1.37. The largest absolute Gasteiger partial charge is 0.385 e. The second kappa shape index (κ2) is 3.32. The molecular formula is C13H12N2O. The van der Waals surface area contributed by atoms with Gasteiger partial charge in [0.1, 0.15) is 11.9 Å². The Morgan fingerprint density at radius 3 is 2.56 bits per heavy atom. The summed E-state index contributed by atoms with van der Waals surface area (Å²) >= 11 is 0. The molecule has 0 aliphatic heterocycles. The molecule has 3 aromatic rings. The molecule has 1 aromatic heterocycles. The van der Waals surface area contributed by atoms with Crippen LogP contribution in [0.5, 0.6) is 0 Å². The molecule has 0 radical (unpaired) electrons. The molecule has 0 bridgehead atoms. The monoisotopic (exact) mass is 212 g/mol. The third-order valence-corrected chi connectivity index (χ3v) is 2.76. The fourth-order valence-corrected chi connectivity index (χ4v) is 1.91. The Kier molecular flexibility index (Phi) is 1.94. The second-order valence-electron chi connectivity index (χ2n) is 4.01. The number of imidazole rings is 1. The van der Waals surface area contributed by atoms with Crippen LogP contribution in [0.1, 0.15) is 18.9 Å². The summed E-state index contributed by atoms with van der Waals surface area (Å²) in [5.41, 5.74) is 1.87. The molecule has 0 saturated carbocycles. The molecule has 16 heavy (non-hydrogen) atoms. The number of aliphatic hydroxyl groups excluding tert-OH is 1. The number of hydrogen-bond donors (Lipinski definition) is 2. The van der Waals surface area contributed by atoms with Crippen LogP contribution in [0.4, 0.5) is 0 Å². The number of aromatic amines is 1. The fraction of sp³-hybridized carbons (Fsp3) is 0.154. The number of aliphatic hydroxyl groups is 1. The van der Waals surface area contributed by atoms with Gasteiger partial charge in [0.15, 0.2) is 0 Å². The molecule has 3 rings (SSSR count). The van der Waals surface area contributed by atoms with Crippen molar-refractivity contribution in [3.05, 3.63) is 42.2 Å². The molecule has 1 atom stereocenters. The van der Waals surface area contributed by atoms with Crippen molar-refractivity contribution in [2.75, 3.05) is 0 Å². The Morgan fingerprint density at radius 1 is 1.19 bits per heavy atom. The van der Waals surface area contributed by atoms with Gasteiger partial charge in [0.05, 0.1) is 11.0 Å². The smallest absolute Gasteiger partial charge is 0.135 e. The zero-order valence-corrected chi connectivity index (χ0v) is 8.94. The SMILES string of the molecule is C[C@H](O)c1nc2cc3ccccc3cc2[nH]1. The normalized spacial score (nSPS) is 13.4. The van der Waals surface area contributed by atoms with Crippen LogP contribution in [-0.4, -0.2) is 15.1 Å². The molecule has 0 saturated heterocycles. The van der Waals surface area contributed by atoms with Crippen molar-refractivity contribution in [2.45, 2.75) is 13.0 Å². The van der Waals surface area contributed by atoms with Gasteiger partial charge in [-0.25, -0.2) is 4.98 Å². The summed E-state index contributed by atoms with van der Waals surface area (Å²) in [7, 11) is 0. The minimum Gasteiger partial charge on any atom is -0.385 e. The van der Waals surface area contributed by atoms with Crippen molar-refractivity contribution in [1.29, 1.82) is 0 Å². The van der Waals surface area contributed by atoms with Crippen LogP contribution in [0.3, 0.4) is 0 Å². The Labute approximate surface area is 92.7 Å². The van der Waals surface area contributed by atoms with E-state index in [9.17, 15) is 5.11 Å². The van der Waals surface area contributed by atoms with Crippen LogP contribution in [-0.2, 0) is 0 Å². The van der Waals surface area contributed by atoms with Crippen molar-refractivity contribution in [1.82, 2.24) is 9.97 Å². The lowest BCUT2D eigenvalue weighted by Crippen LogP contribution is -1.92. The van der Waals surface area contributed by atoms with Gasteiger partial charge in [0, 0.05) is 0 Å². The van der Waals surface area contributed by atoms with Crippen molar-refractivity contribution < 1.29 is 5.11 Å². The summed E-state index contributed by atoms with van der Waals surface area (Å²) < 4.78 is 0. The van der Waals surface area contributed by atoms with Crippen molar-refractivity contribution in [3.63, 3.8) is 0 Å². The van der Waals surface area contributed by atoms with E-state index < -0.39 is 6.10 Å². The maximum absolute atomic E-state index is 9.47. The summed E-state index contributed by atoms with van der Waals surface area (Å²) in [4.78, 5) is 7.48. The first kappa shape index (κ1) is 9.36. The van der Waals surface area contributed by atoms with Gasteiger partial charge < -0.3 is 10.1 Å². The van der Waals surface area contributed by atoms with Crippen molar-refractivity contribution >= 4 is 21.8 Å². The lowest BCUT2D eigenvalue weighted by atomic mass is 10.1. The standard InChI is InChI=1S/C13H12N2O/c1-8(16)13-14-11-6-9-4-2-3-5-10(9)7-12(11)15-13/h2-8,16H,1H3,(H,14,15)/t8-/m0/s1. The lowest BCUT2D eigenvalue weighted by Gasteiger charge is -1.96. The maximum Gasteiger partial charge on any atom is 0.135 e. The minimum absolute atomic E-state index is 0.560. The average Bonchev–Trinajstić information content (AvgIpc) is 2.68. The van der Waals surface area contributed by atoms with Crippen LogP contribution in [0, 0.1) is 0 Å². The first-order valence-electron chi connectivity index (χ1n) is 5.30. The number of nitrogens with zero attached hydrogens (tertiary/aromatic N) is 1. The molecule has 3 heteroatoms. The molecule has 2 aromatic carbocycles. The third-order valence-electron chi connectivity index (χ3n) is 2.76. The number of aromatic nitrogens is 2. The first-order chi connectivity index (χ1) is 7.74. The zero-order valence-electron chi connectivity index (χ0n) is 8.94. The minimum atomic E-state index is -0.560. The van der Waals surface area contributed by atoms with Gasteiger partial charge in [-0.1, -0.05) is 24.3 Å². The molecule has 0 aliphatic carbocycles. The topological polar surface area (TPSA) is 48.9 Å². The van der Waals surface area contributed by atoms with E-state index in [2.05, 4.69) is 28.2 Å². The molecule has 0 unspecified atom stereocenters. The summed E-state index contributed by atoms with van der Waals surface area (Å²) in [5, 5.41) is 11.8. The first-order valence-corrected chi connectivity index (χ1v) is 5.30. The molecular weight excluding hydrogens is 200 g/mol. The molecule has 2 N–H and O–H groups in total. The van der Waals surface area contributed by atoms with Crippen LogP contribution in [0.2, 0.25) is 0 Å². The molecule has 1 heterocycles. The number of rotatable bonds is 1. The van der Waals surface area contributed by atoms with Gasteiger partial charge in [0.2, 0.25) is 0 Å². The Hall–Kier alpha value is -1.87.